The van der Waals surface area contributed by atoms with Crippen molar-refractivity contribution in [2.75, 3.05) is 0 Å². The molecule has 4 heteroatoms. The predicted octanol–water partition coefficient (Wildman–Crippen LogP) is 4.52. The molecule has 2 aromatic rings. The van der Waals surface area contributed by atoms with Gasteiger partial charge in [0.05, 0.1) is 10.6 Å². The Bertz CT molecular complexity index is 542. The molecular weight excluding hydrogens is 319 g/mol. The second kappa shape index (κ2) is 5.83. The smallest absolute Gasteiger partial charge is 0.137 e. The minimum atomic E-state index is -0.753. The van der Waals surface area contributed by atoms with Gasteiger partial charge in [-0.3, -0.25) is 0 Å². The largest absolute Gasteiger partial charge is 0.388 e. The zero-order chi connectivity index (χ0) is 13.1. The topological polar surface area (TPSA) is 20.2 Å². The average Bonchev–Trinajstić information content (AvgIpc) is 2.35. The first-order valence-corrected chi connectivity index (χ1v) is 6.61. The summed E-state index contributed by atoms with van der Waals surface area (Å²) in [6.07, 6.45) is -0.338. The molecule has 94 valence electrons. The van der Waals surface area contributed by atoms with Crippen molar-refractivity contribution in [3.63, 3.8) is 0 Å². The summed E-state index contributed by atoms with van der Waals surface area (Å²) in [4.78, 5) is 0. The van der Waals surface area contributed by atoms with Crippen LogP contribution < -0.4 is 0 Å². The Morgan fingerprint density at radius 3 is 2.50 bits per heavy atom. The number of rotatable bonds is 3. The van der Waals surface area contributed by atoms with E-state index in [1.54, 1.807) is 24.3 Å². The molecule has 0 saturated carbocycles. The molecule has 2 rings (SSSR count). The molecule has 1 nitrogen and oxygen atoms in total. The fourth-order valence-corrected chi connectivity index (χ4v) is 2.39. The maximum absolute atomic E-state index is 13.4. The Morgan fingerprint density at radius 2 is 1.83 bits per heavy atom. The standard InChI is InChI=1S/C14H11BrClFO/c15-14-11(2-1-3-12(14)17)13(18)8-9-4-6-10(16)7-5-9/h1-7,13,18H,8H2. The monoisotopic (exact) mass is 328 g/mol. The first kappa shape index (κ1) is 13.5. The zero-order valence-electron chi connectivity index (χ0n) is 9.41. The highest BCUT2D eigenvalue weighted by Gasteiger charge is 2.14. The van der Waals surface area contributed by atoms with Gasteiger partial charge in [-0.1, -0.05) is 35.9 Å². The number of aliphatic hydroxyl groups excluding tert-OH is 1. The summed E-state index contributed by atoms with van der Waals surface area (Å²) in [5, 5.41) is 10.8. The molecule has 0 bridgehead atoms. The second-order valence-corrected chi connectivity index (χ2v) is 5.22. The van der Waals surface area contributed by atoms with Crippen molar-refractivity contribution in [1.29, 1.82) is 0 Å². The molecule has 0 heterocycles. The minimum absolute atomic E-state index is 0.312. The van der Waals surface area contributed by atoms with Gasteiger partial charge in [0.1, 0.15) is 5.82 Å². The Balaban J connectivity index is 2.19. The Hall–Kier alpha value is -0.900. The summed E-state index contributed by atoms with van der Waals surface area (Å²) in [6.45, 7) is 0. The minimum Gasteiger partial charge on any atom is -0.388 e. The van der Waals surface area contributed by atoms with Crippen molar-refractivity contribution >= 4 is 27.5 Å². The Kier molecular flexibility index (Phi) is 4.38. The third-order valence-corrected chi connectivity index (χ3v) is 3.77. The van der Waals surface area contributed by atoms with E-state index in [1.807, 2.05) is 12.1 Å². The fraction of sp³-hybridized carbons (Fsp3) is 0.143. The van der Waals surface area contributed by atoms with E-state index in [0.29, 0.717) is 21.5 Å². The third-order valence-electron chi connectivity index (χ3n) is 2.68. The number of hydrogen-bond acceptors (Lipinski definition) is 1. The number of halogens is 3. The van der Waals surface area contributed by atoms with Crippen molar-refractivity contribution in [2.45, 2.75) is 12.5 Å². The second-order valence-electron chi connectivity index (χ2n) is 3.99. The van der Waals surface area contributed by atoms with Crippen LogP contribution in [0, 0.1) is 5.82 Å². The van der Waals surface area contributed by atoms with Gasteiger partial charge in [-0.05, 0) is 45.3 Å². The van der Waals surface area contributed by atoms with E-state index in [1.165, 1.54) is 6.07 Å². The van der Waals surface area contributed by atoms with Gasteiger partial charge in [-0.2, -0.15) is 0 Å². The molecule has 0 amide bonds. The zero-order valence-corrected chi connectivity index (χ0v) is 11.7. The molecule has 0 fully saturated rings. The molecule has 1 unspecified atom stereocenters. The highest BCUT2D eigenvalue weighted by Crippen LogP contribution is 2.28. The summed E-state index contributed by atoms with van der Waals surface area (Å²) in [6, 6.07) is 11.9. The van der Waals surface area contributed by atoms with E-state index in [0.717, 1.165) is 5.56 Å². The quantitative estimate of drug-likeness (QED) is 0.878. The van der Waals surface area contributed by atoms with E-state index >= 15 is 0 Å². The molecule has 0 aliphatic carbocycles. The van der Waals surface area contributed by atoms with Crippen molar-refractivity contribution in [3.05, 3.63) is 68.9 Å². The van der Waals surface area contributed by atoms with Crippen LogP contribution in [-0.4, -0.2) is 5.11 Å². The van der Waals surface area contributed by atoms with Gasteiger partial charge in [-0.15, -0.1) is 0 Å². The maximum Gasteiger partial charge on any atom is 0.137 e. The fourth-order valence-electron chi connectivity index (χ4n) is 1.73. The normalized spacial score (nSPS) is 12.4. The summed E-state index contributed by atoms with van der Waals surface area (Å²) < 4.78 is 13.7. The highest BCUT2D eigenvalue weighted by atomic mass is 79.9. The van der Waals surface area contributed by atoms with E-state index < -0.39 is 6.10 Å². The lowest BCUT2D eigenvalue weighted by molar-refractivity contribution is 0.177. The lowest BCUT2D eigenvalue weighted by Crippen LogP contribution is -2.03. The van der Waals surface area contributed by atoms with Crippen LogP contribution in [0.3, 0.4) is 0 Å². The molecule has 0 aliphatic rings. The van der Waals surface area contributed by atoms with Crippen LogP contribution in [-0.2, 0) is 6.42 Å². The number of aliphatic hydroxyl groups is 1. The molecule has 18 heavy (non-hydrogen) atoms. The first-order chi connectivity index (χ1) is 8.58. The Labute approximate surface area is 118 Å². The van der Waals surface area contributed by atoms with Crippen molar-refractivity contribution in [3.8, 4) is 0 Å². The molecular formula is C14H11BrClFO. The lowest BCUT2D eigenvalue weighted by Gasteiger charge is -2.13. The van der Waals surface area contributed by atoms with Crippen molar-refractivity contribution < 1.29 is 9.50 Å². The molecule has 1 N–H and O–H groups in total. The van der Waals surface area contributed by atoms with Gasteiger partial charge in [0, 0.05) is 11.4 Å². The lowest BCUT2D eigenvalue weighted by atomic mass is 10.0. The summed E-state index contributed by atoms with van der Waals surface area (Å²) in [5.41, 5.74) is 1.49. The average molecular weight is 330 g/mol. The van der Waals surface area contributed by atoms with Gasteiger partial charge in [-0.25, -0.2) is 4.39 Å². The van der Waals surface area contributed by atoms with Crippen LogP contribution in [0.25, 0.3) is 0 Å². The highest BCUT2D eigenvalue weighted by molar-refractivity contribution is 9.10. The van der Waals surface area contributed by atoms with Crippen molar-refractivity contribution in [1.82, 2.24) is 0 Å². The maximum atomic E-state index is 13.4. The van der Waals surface area contributed by atoms with Gasteiger partial charge >= 0.3 is 0 Å². The van der Waals surface area contributed by atoms with Gasteiger partial charge < -0.3 is 5.11 Å². The molecule has 0 aromatic heterocycles. The third kappa shape index (κ3) is 3.10. The van der Waals surface area contributed by atoms with E-state index in [2.05, 4.69) is 15.9 Å². The van der Waals surface area contributed by atoms with E-state index in [-0.39, 0.29) is 5.82 Å². The molecule has 0 radical (unpaired) electrons. The SMILES string of the molecule is OC(Cc1ccc(Cl)cc1)c1cccc(F)c1Br. The van der Waals surface area contributed by atoms with E-state index in [4.69, 9.17) is 11.6 Å². The van der Waals surface area contributed by atoms with Crippen LogP contribution in [0.4, 0.5) is 4.39 Å². The summed E-state index contributed by atoms with van der Waals surface area (Å²) in [5.74, 6) is -0.373. The van der Waals surface area contributed by atoms with Gasteiger partial charge in [0.15, 0.2) is 0 Å². The van der Waals surface area contributed by atoms with Crippen LogP contribution in [0.1, 0.15) is 17.2 Å². The van der Waals surface area contributed by atoms with E-state index in [9.17, 15) is 9.50 Å². The first-order valence-electron chi connectivity index (χ1n) is 5.44. The van der Waals surface area contributed by atoms with Crippen LogP contribution in [0.15, 0.2) is 46.9 Å². The van der Waals surface area contributed by atoms with Gasteiger partial charge in [0.25, 0.3) is 0 Å². The Morgan fingerprint density at radius 1 is 1.17 bits per heavy atom. The van der Waals surface area contributed by atoms with Crippen LogP contribution in [0.5, 0.6) is 0 Å². The molecule has 1 atom stereocenters. The number of hydrogen-bond donors (Lipinski definition) is 1. The van der Waals surface area contributed by atoms with Crippen LogP contribution >= 0.6 is 27.5 Å². The molecule has 0 aliphatic heterocycles. The van der Waals surface area contributed by atoms with Crippen molar-refractivity contribution in [2.24, 2.45) is 0 Å². The molecule has 0 saturated heterocycles. The van der Waals surface area contributed by atoms with Gasteiger partial charge in [0.2, 0.25) is 0 Å². The molecule has 0 spiro atoms. The predicted molar refractivity (Wildman–Crippen MR) is 74.2 cm³/mol. The van der Waals surface area contributed by atoms with Crippen LogP contribution in [0.2, 0.25) is 5.02 Å². The molecule has 2 aromatic carbocycles. The number of benzene rings is 2. The summed E-state index contributed by atoms with van der Waals surface area (Å²) >= 11 is 8.94. The summed E-state index contributed by atoms with van der Waals surface area (Å²) in [7, 11) is 0.